The Bertz CT molecular complexity index is 870. The van der Waals surface area contributed by atoms with Gasteiger partial charge in [0.05, 0.1) is 30.7 Å². The molecule has 31 heavy (non-hydrogen) atoms. The number of hydrogen-bond donors (Lipinski definition) is 2. The summed E-state index contributed by atoms with van der Waals surface area (Å²) in [4.78, 5) is 15.1. The van der Waals surface area contributed by atoms with Crippen LogP contribution in [0.15, 0.2) is 53.5 Å². The van der Waals surface area contributed by atoms with Crippen molar-refractivity contribution in [3.8, 4) is 5.75 Å². The highest BCUT2D eigenvalue weighted by Crippen LogP contribution is 2.16. The van der Waals surface area contributed by atoms with Gasteiger partial charge in [-0.05, 0) is 43.0 Å². The first-order chi connectivity index (χ1) is 14.5. The molecule has 2 aromatic carbocycles. The number of nitro groups is 1. The molecular formula is C22H29IN4O4. The number of halogens is 1. The van der Waals surface area contributed by atoms with E-state index in [4.69, 9.17) is 14.5 Å². The Morgan fingerprint density at radius 2 is 2.06 bits per heavy atom. The molecule has 0 aromatic heterocycles. The van der Waals surface area contributed by atoms with Gasteiger partial charge in [-0.1, -0.05) is 24.3 Å². The molecule has 1 fully saturated rings. The molecule has 2 aromatic rings. The third-order valence-corrected chi connectivity index (χ3v) is 5.05. The second kappa shape index (κ2) is 12.5. The molecule has 1 saturated heterocycles. The Kier molecular flexibility index (Phi) is 9.99. The fourth-order valence-electron chi connectivity index (χ4n) is 3.32. The minimum atomic E-state index is -0.400. The molecule has 2 atom stereocenters. The van der Waals surface area contributed by atoms with Gasteiger partial charge in [-0.2, -0.15) is 0 Å². The number of hydrogen-bond acceptors (Lipinski definition) is 5. The summed E-state index contributed by atoms with van der Waals surface area (Å²) in [7, 11) is 1.64. The van der Waals surface area contributed by atoms with Gasteiger partial charge in [-0.25, -0.2) is 4.99 Å². The molecule has 1 heterocycles. The standard InChI is InChI=1S/C22H28N4O4.HI/c1-16(21-7-4-12-30-21)25-22(24-15-18-5-3-6-20(13-18)29-2)23-14-17-8-10-19(11-9-17)26(27)28;/h3,5-6,8-11,13,16,21H,4,7,12,14-15H2,1-2H3,(H2,23,24,25);1H. The van der Waals surface area contributed by atoms with Crippen LogP contribution < -0.4 is 15.4 Å². The number of guanidine groups is 1. The summed E-state index contributed by atoms with van der Waals surface area (Å²) < 4.78 is 11.1. The van der Waals surface area contributed by atoms with Crippen LogP contribution in [-0.2, 0) is 17.8 Å². The van der Waals surface area contributed by atoms with Gasteiger partial charge in [0.2, 0.25) is 0 Å². The first-order valence-corrected chi connectivity index (χ1v) is 10.1. The first kappa shape index (κ1) is 24.9. The van der Waals surface area contributed by atoms with Crippen LogP contribution in [0.25, 0.3) is 0 Å². The lowest BCUT2D eigenvalue weighted by molar-refractivity contribution is -0.384. The second-order valence-corrected chi connectivity index (χ2v) is 7.28. The van der Waals surface area contributed by atoms with Crippen LogP contribution in [0, 0.1) is 10.1 Å². The highest BCUT2D eigenvalue weighted by molar-refractivity contribution is 14.0. The molecule has 1 aliphatic rings. The minimum Gasteiger partial charge on any atom is -0.497 e. The zero-order chi connectivity index (χ0) is 21.3. The van der Waals surface area contributed by atoms with Crippen molar-refractivity contribution >= 4 is 35.6 Å². The normalized spacial score (nSPS) is 16.8. The van der Waals surface area contributed by atoms with Gasteiger partial charge in [0, 0.05) is 25.3 Å². The van der Waals surface area contributed by atoms with Crippen molar-refractivity contribution < 1.29 is 14.4 Å². The van der Waals surface area contributed by atoms with E-state index in [1.54, 1.807) is 19.2 Å². The summed E-state index contributed by atoms with van der Waals surface area (Å²) in [5.41, 5.74) is 2.05. The molecule has 0 spiro atoms. The molecule has 2 N–H and O–H groups in total. The Labute approximate surface area is 199 Å². The van der Waals surface area contributed by atoms with E-state index >= 15 is 0 Å². The Morgan fingerprint density at radius 1 is 1.29 bits per heavy atom. The number of nitrogens with one attached hydrogen (secondary N) is 2. The molecule has 168 valence electrons. The number of ether oxygens (including phenoxy) is 2. The average molecular weight is 540 g/mol. The predicted molar refractivity (Wildman–Crippen MR) is 131 cm³/mol. The number of non-ortho nitro benzene ring substituents is 1. The van der Waals surface area contributed by atoms with E-state index < -0.39 is 4.92 Å². The van der Waals surface area contributed by atoms with Gasteiger partial charge < -0.3 is 20.1 Å². The highest BCUT2D eigenvalue weighted by Gasteiger charge is 2.23. The van der Waals surface area contributed by atoms with Crippen molar-refractivity contribution in [1.29, 1.82) is 0 Å². The number of nitro benzene ring substituents is 1. The Balaban J connectivity index is 0.00000341. The molecule has 2 unspecified atom stereocenters. The molecule has 0 bridgehead atoms. The summed E-state index contributed by atoms with van der Waals surface area (Å²) in [5, 5.41) is 17.6. The molecule has 0 aliphatic carbocycles. The summed E-state index contributed by atoms with van der Waals surface area (Å²) >= 11 is 0. The number of nitrogens with zero attached hydrogens (tertiary/aromatic N) is 2. The van der Waals surface area contributed by atoms with Crippen molar-refractivity contribution in [2.45, 2.75) is 45.0 Å². The van der Waals surface area contributed by atoms with E-state index in [0.717, 1.165) is 36.3 Å². The average Bonchev–Trinajstić information content (AvgIpc) is 3.31. The van der Waals surface area contributed by atoms with Crippen molar-refractivity contribution in [1.82, 2.24) is 10.6 Å². The van der Waals surface area contributed by atoms with Gasteiger partial charge in [-0.3, -0.25) is 10.1 Å². The maximum Gasteiger partial charge on any atom is 0.269 e. The highest BCUT2D eigenvalue weighted by atomic mass is 127. The van der Waals surface area contributed by atoms with Crippen molar-refractivity contribution in [2.75, 3.05) is 13.7 Å². The molecule has 0 radical (unpaired) electrons. The van der Waals surface area contributed by atoms with Crippen LogP contribution in [0.4, 0.5) is 5.69 Å². The lowest BCUT2D eigenvalue weighted by Crippen LogP contribution is -2.46. The smallest absolute Gasteiger partial charge is 0.269 e. The van der Waals surface area contributed by atoms with Gasteiger partial charge in [0.15, 0.2) is 5.96 Å². The van der Waals surface area contributed by atoms with Crippen LogP contribution in [0.5, 0.6) is 5.75 Å². The van der Waals surface area contributed by atoms with E-state index in [2.05, 4.69) is 17.6 Å². The Hall–Kier alpha value is -2.40. The zero-order valence-corrected chi connectivity index (χ0v) is 20.1. The van der Waals surface area contributed by atoms with E-state index in [-0.39, 0.29) is 41.8 Å². The van der Waals surface area contributed by atoms with Crippen LogP contribution in [0.3, 0.4) is 0 Å². The van der Waals surface area contributed by atoms with Gasteiger partial charge in [0.25, 0.3) is 5.69 Å². The van der Waals surface area contributed by atoms with E-state index in [1.165, 1.54) is 12.1 Å². The van der Waals surface area contributed by atoms with Gasteiger partial charge >= 0.3 is 0 Å². The van der Waals surface area contributed by atoms with Gasteiger partial charge in [0.1, 0.15) is 5.75 Å². The largest absolute Gasteiger partial charge is 0.497 e. The monoisotopic (exact) mass is 540 g/mol. The van der Waals surface area contributed by atoms with Crippen molar-refractivity contribution in [3.63, 3.8) is 0 Å². The van der Waals surface area contributed by atoms with Crippen LogP contribution >= 0.6 is 24.0 Å². The molecule has 0 amide bonds. The molecule has 9 heteroatoms. The number of rotatable bonds is 8. The second-order valence-electron chi connectivity index (χ2n) is 7.28. The number of benzene rings is 2. The van der Waals surface area contributed by atoms with E-state index in [1.807, 2.05) is 24.3 Å². The molecule has 1 aliphatic heterocycles. The van der Waals surface area contributed by atoms with Crippen molar-refractivity contribution in [2.24, 2.45) is 4.99 Å². The number of methoxy groups -OCH3 is 1. The first-order valence-electron chi connectivity index (χ1n) is 10.1. The fraction of sp³-hybridized carbons (Fsp3) is 0.409. The lowest BCUT2D eigenvalue weighted by atomic mass is 10.1. The summed E-state index contributed by atoms with van der Waals surface area (Å²) in [6.07, 6.45) is 2.26. The van der Waals surface area contributed by atoms with Crippen molar-refractivity contribution in [3.05, 3.63) is 69.8 Å². The predicted octanol–water partition coefficient (Wildman–Crippen LogP) is 4.02. The SMILES string of the molecule is COc1cccc(CN=C(NCc2ccc([N+](=O)[O-])cc2)NC(C)C2CCCO2)c1.I. The van der Waals surface area contributed by atoms with Gasteiger partial charge in [-0.15, -0.1) is 24.0 Å². The third-order valence-electron chi connectivity index (χ3n) is 5.05. The van der Waals surface area contributed by atoms with E-state index in [9.17, 15) is 10.1 Å². The summed E-state index contributed by atoms with van der Waals surface area (Å²) in [5.74, 6) is 1.46. The fourth-order valence-corrected chi connectivity index (χ4v) is 3.32. The topological polar surface area (TPSA) is 98.0 Å². The molecular weight excluding hydrogens is 511 g/mol. The quantitative estimate of drug-likeness (QED) is 0.173. The Morgan fingerprint density at radius 3 is 2.71 bits per heavy atom. The summed E-state index contributed by atoms with van der Waals surface area (Å²) in [6.45, 7) is 3.87. The maximum atomic E-state index is 10.8. The third kappa shape index (κ3) is 7.66. The van der Waals surface area contributed by atoms with Crippen LogP contribution in [0.2, 0.25) is 0 Å². The lowest BCUT2D eigenvalue weighted by Gasteiger charge is -2.23. The van der Waals surface area contributed by atoms with Crippen LogP contribution in [0.1, 0.15) is 30.9 Å². The molecule has 8 nitrogen and oxygen atoms in total. The summed E-state index contributed by atoms with van der Waals surface area (Å²) in [6, 6.07) is 14.4. The maximum absolute atomic E-state index is 10.8. The van der Waals surface area contributed by atoms with Crippen LogP contribution in [-0.4, -0.2) is 36.7 Å². The zero-order valence-electron chi connectivity index (χ0n) is 17.7. The molecule has 0 saturated carbocycles. The minimum absolute atomic E-state index is 0. The number of aliphatic imine (C=N–C) groups is 1. The molecule has 3 rings (SSSR count). The van der Waals surface area contributed by atoms with E-state index in [0.29, 0.717) is 19.0 Å².